The summed E-state index contributed by atoms with van der Waals surface area (Å²) in [6.07, 6.45) is 2.40. The smallest absolute Gasteiger partial charge is 0.252 e. The van der Waals surface area contributed by atoms with Crippen molar-refractivity contribution >= 4 is 17.3 Å². The second-order valence-corrected chi connectivity index (χ2v) is 5.41. The number of rotatable bonds is 3. The summed E-state index contributed by atoms with van der Waals surface area (Å²) in [5.41, 5.74) is 1.20. The summed E-state index contributed by atoms with van der Waals surface area (Å²) in [5.74, 6) is -3.12. The molecular formula is C14H11ClF3N3. The van der Waals surface area contributed by atoms with Gasteiger partial charge in [0.2, 0.25) is 0 Å². The lowest BCUT2D eigenvalue weighted by Crippen LogP contribution is -2.44. The van der Waals surface area contributed by atoms with Gasteiger partial charge in [-0.1, -0.05) is 11.6 Å². The molecule has 2 heterocycles. The van der Waals surface area contributed by atoms with Crippen LogP contribution in [0.2, 0.25) is 5.15 Å². The normalized spacial score (nSPS) is 17.3. The van der Waals surface area contributed by atoms with Crippen LogP contribution in [-0.2, 0) is 0 Å². The fourth-order valence-electron chi connectivity index (χ4n) is 2.26. The van der Waals surface area contributed by atoms with Gasteiger partial charge in [-0.3, -0.25) is 4.98 Å². The number of hydrogen-bond donors (Lipinski definition) is 1. The highest BCUT2D eigenvalue weighted by molar-refractivity contribution is 6.29. The van der Waals surface area contributed by atoms with Crippen LogP contribution in [-0.4, -0.2) is 21.9 Å². The first kappa shape index (κ1) is 14.1. The van der Waals surface area contributed by atoms with E-state index >= 15 is 0 Å². The molecule has 0 atom stereocenters. The number of alkyl halides is 2. The minimum Gasteiger partial charge on any atom is -0.382 e. The van der Waals surface area contributed by atoms with E-state index in [2.05, 4.69) is 15.3 Å². The van der Waals surface area contributed by atoms with Crippen molar-refractivity contribution in [2.45, 2.75) is 24.8 Å². The standard InChI is InChI=1S/C14H11ClF3N3/c15-13-4-11(16)10(7-20-13)12-3-8(1-2-19-12)21-9-5-14(17,18)6-9/h1-4,7,9H,5-6H2,(H,19,21). The highest BCUT2D eigenvalue weighted by Gasteiger charge is 2.45. The van der Waals surface area contributed by atoms with Crippen LogP contribution in [0.4, 0.5) is 18.9 Å². The number of nitrogens with one attached hydrogen (secondary N) is 1. The third-order valence-corrected chi connectivity index (χ3v) is 3.52. The molecule has 3 rings (SSSR count). The lowest BCUT2D eigenvalue weighted by molar-refractivity contribution is -0.0793. The molecule has 0 amide bonds. The van der Waals surface area contributed by atoms with Crippen molar-refractivity contribution in [1.82, 2.24) is 9.97 Å². The number of aromatic nitrogens is 2. The van der Waals surface area contributed by atoms with E-state index in [1.54, 1.807) is 12.1 Å². The Kier molecular flexibility index (Phi) is 3.49. The summed E-state index contributed by atoms with van der Waals surface area (Å²) in [5, 5.41) is 3.04. The molecule has 0 spiro atoms. The predicted molar refractivity (Wildman–Crippen MR) is 74.0 cm³/mol. The van der Waals surface area contributed by atoms with E-state index in [0.29, 0.717) is 11.4 Å². The maximum absolute atomic E-state index is 13.8. The Morgan fingerprint density at radius 1 is 1.24 bits per heavy atom. The van der Waals surface area contributed by atoms with Gasteiger partial charge >= 0.3 is 0 Å². The average molecular weight is 314 g/mol. The Bertz CT molecular complexity index is 670. The van der Waals surface area contributed by atoms with Gasteiger partial charge in [0.15, 0.2) is 0 Å². The number of halogens is 4. The third-order valence-electron chi connectivity index (χ3n) is 3.32. The van der Waals surface area contributed by atoms with E-state index in [0.717, 1.165) is 6.07 Å². The lowest BCUT2D eigenvalue weighted by Gasteiger charge is -2.36. The molecule has 1 aliphatic rings. The maximum atomic E-state index is 13.8. The van der Waals surface area contributed by atoms with Crippen LogP contribution in [0, 0.1) is 5.82 Å². The summed E-state index contributed by atoms with van der Waals surface area (Å²) in [6.45, 7) is 0. The molecule has 2 aromatic rings. The molecule has 1 aliphatic carbocycles. The van der Waals surface area contributed by atoms with Crippen molar-refractivity contribution in [2.24, 2.45) is 0 Å². The summed E-state index contributed by atoms with van der Waals surface area (Å²) in [7, 11) is 0. The maximum Gasteiger partial charge on any atom is 0.252 e. The zero-order chi connectivity index (χ0) is 15.0. The zero-order valence-electron chi connectivity index (χ0n) is 10.8. The van der Waals surface area contributed by atoms with Crippen molar-refractivity contribution in [3.63, 3.8) is 0 Å². The van der Waals surface area contributed by atoms with E-state index in [4.69, 9.17) is 11.6 Å². The number of anilines is 1. The molecule has 21 heavy (non-hydrogen) atoms. The summed E-state index contributed by atoms with van der Waals surface area (Å²) in [6, 6.07) is 4.08. The molecule has 2 aromatic heterocycles. The Labute approximate surface area is 124 Å². The second kappa shape index (κ2) is 5.18. The van der Waals surface area contributed by atoms with Gasteiger partial charge in [0.25, 0.3) is 5.92 Å². The largest absolute Gasteiger partial charge is 0.382 e. The topological polar surface area (TPSA) is 37.8 Å². The minimum absolute atomic E-state index is 0.0576. The van der Waals surface area contributed by atoms with E-state index < -0.39 is 11.7 Å². The molecule has 0 radical (unpaired) electrons. The van der Waals surface area contributed by atoms with Crippen molar-refractivity contribution in [3.05, 3.63) is 41.6 Å². The van der Waals surface area contributed by atoms with Crippen LogP contribution in [0.3, 0.4) is 0 Å². The molecule has 110 valence electrons. The molecule has 3 nitrogen and oxygen atoms in total. The van der Waals surface area contributed by atoms with Crippen molar-refractivity contribution < 1.29 is 13.2 Å². The monoisotopic (exact) mass is 313 g/mol. The molecular weight excluding hydrogens is 303 g/mol. The predicted octanol–water partition coefficient (Wildman–Crippen LogP) is 4.15. The third kappa shape index (κ3) is 3.10. The Balaban J connectivity index is 1.80. The molecule has 1 N–H and O–H groups in total. The number of hydrogen-bond acceptors (Lipinski definition) is 3. The van der Waals surface area contributed by atoms with Crippen molar-refractivity contribution in [3.8, 4) is 11.3 Å². The van der Waals surface area contributed by atoms with Crippen molar-refractivity contribution in [1.29, 1.82) is 0 Å². The highest BCUT2D eigenvalue weighted by Crippen LogP contribution is 2.39. The first-order valence-corrected chi connectivity index (χ1v) is 6.73. The van der Waals surface area contributed by atoms with E-state index in [1.165, 1.54) is 12.4 Å². The summed E-state index contributed by atoms with van der Waals surface area (Å²) >= 11 is 5.60. The molecule has 0 unspecified atom stereocenters. The molecule has 1 fully saturated rings. The first-order chi connectivity index (χ1) is 9.93. The van der Waals surface area contributed by atoms with Gasteiger partial charge in [0.1, 0.15) is 11.0 Å². The molecule has 0 aliphatic heterocycles. The highest BCUT2D eigenvalue weighted by atomic mass is 35.5. The first-order valence-electron chi connectivity index (χ1n) is 6.35. The molecule has 0 aromatic carbocycles. The van der Waals surface area contributed by atoms with Gasteiger partial charge in [0.05, 0.1) is 11.3 Å². The SMILES string of the molecule is Fc1cc(Cl)ncc1-c1cc(NC2CC(F)(F)C2)ccn1. The average Bonchev–Trinajstić information content (AvgIpc) is 2.37. The lowest BCUT2D eigenvalue weighted by atomic mass is 9.88. The van der Waals surface area contributed by atoms with Crippen LogP contribution in [0.25, 0.3) is 11.3 Å². The fourth-order valence-corrected chi connectivity index (χ4v) is 2.41. The van der Waals surface area contributed by atoms with Gasteiger partial charge in [-0.2, -0.15) is 0 Å². The summed E-state index contributed by atoms with van der Waals surface area (Å²) < 4.78 is 39.4. The molecule has 1 saturated carbocycles. The van der Waals surface area contributed by atoms with Gasteiger partial charge in [-0.25, -0.2) is 18.2 Å². The second-order valence-electron chi connectivity index (χ2n) is 5.02. The zero-order valence-corrected chi connectivity index (χ0v) is 11.5. The van der Waals surface area contributed by atoms with Crippen LogP contribution in [0.15, 0.2) is 30.6 Å². The fraction of sp³-hybridized carbons (Fsp3) is 0.286. The van der Waals surface area contributed by atoms with Crippen molar-refractivity contribution in [2.75, 3.05) is 5.32 Å². The Morgan fingerprint density at radius 3 is 2.67 bits per heavy atom. The molecule has 0 saturated heterocycles. The Hall–Kier alpha value is -1.82. The van der Waals surface area contributed by atoms with Gasteiger partial charge in [0, 0.05) is 43.0 Å². The van der Waals surface area contributed by atoms with Gasteiger partial charge < -0.3 is 5.32 Å². The number of nitrogens with zero attached hydrogens (tertiary/aromatic N) is 2. The van der Waals surface area contributed by atoms with Crippen LogP contribution in [0.5, 0.6) is 0 Å². The number of pyridine rings is 2. The minimum atomic E-state index is -2.58. The Morgan fingerprint density at radius 2 is 2.00 bits per heavy atom. The quantitative estimate of drug-likeness (QED) is 0.865. The van der Waals surface area contributed by atoms with Crippen LogP contribution >= 0.6 is 11.6 Å². The molecule has 7 heteroatoms. The van der Waals surface area contributed by atoms with E-state index in [1.807, 2.05) is 0 Å². The van der Waals surface area contributed by atoms with E-state index in [-0.39, 0.29) is 29.6 Å². The van der Waals surface area contributed by atoms with Gasteiger partial charge in [-0.15, -0.1) is 0 Å². The summed E-state index contributed by atoms with van der Waals surface area (Å²) in [4.78, 5) is 7.89. The van der Waals surface area contributed by atoms with Crippen LogP contribution in [0.1, 0.15) is 12.8 Å². The van der Waals surface area contributed by atoms with Gasteiger partial charge in [-0.05, 0) is 12.1 Å². The molecule has 0 bridgehead atoms. The van der Waals surface area contributed by atoms with Crippen LogP contribution < -0.4 is 5.32 Å². The van der Waals surface area contributed by atoms with E-state index in [9.17, 15) is 13.2 Å².